The van der Waals surface area contributed by atoms with E-state index in [1.165, 1.54) is 4.31 Å². The maximum absolute atomic E-state index is 12.6. The van der Waals surface area contributed by atoms with Gasteiger partial charge >= 0.3 is 5.97 Å². The molecule has 2 rings (SSSR count). The average molecular weight is 325 g/mol. The second-order valence-corrected chi connectivity index (χ2v) is 8.20. The third-order valence-corrected chi connectivity index (χ3v) is 5.92. The number of aliphatic carboxylic acids is 1. The van der Waals surface area contributed by atoms with Crippen molar-refractivity contribution in [1.82, 2.24) is 4.31 Å². The Morgan fingerprint density at radius 2 is 1.77 bits per heavy atom. The molecule has 1 aromatic carbocycles. The van der Waals surface area contributed by atoms with Crippen LogP contribution in [0.3, 0.4) is 0 Å². The van der Waals surface area contributed by atoms with Crippen LogP contribution in [0.15, 0.2) is 29.2 Å². The molecule has 6 heteroatoms. The van der Waals surface area contributed by atoms with E-state index < -0.39 is 21.9 Å². The largest absolute Gasteiger partial charge is 0.481 e. The molecule has 1 aliphatic heterocycles. The maximum atomic E-state index is 12.6. The van der Waals surface area contributed by atoms with Gasteiger partial charge in [-0.05, 0) is 42.9 Å². The van der Waals surface area contributed by atoms with Crippen molar-refractivity contribution < 1.29 is 18.3 Å². The number of carbonyl (C=O) groups is 1. The van der Waals surface area contributed by atoms with Gasteiger partial charge in [0.1, 0.15) is 0 Å². The van der Waals surface area contributed by atoms with E-state index >= 15 is 0 Å². The quantitative estimate of drug-likeness (QED) is 0.902. The summed E-state index contributed by atoms with van der Waals surface area (Å²) in [5.74, 6) is -0.743. The molecule has 0 amide bonds. The Balaban J connectivity index is 2.09. The van der Waals surface area contributed by atoms with Gasteiger partial charge in [0, 0.05) is 13.1 Å². The van der Waals surface area contributed by atoms with E-state index in [1.807, 2.05) is 12.1 Å². The van der Waals surface area contributed by atoms with E-state index in [-0.39, 0.29) is 18.0 Å². The van der Waals surface area contributed by atoms with Gasteiger partial charge in [-0.2, -0.15) is 4.31 Å². The minimum absolute atomic E-state index is 0.271. The number of piperidine rings is 1. The van der Waals surface area contributed by atoms with Crippen LogP contribution in [0.4, 0.5) is 0 Å². The summed E-state index contributed by atoms with van der Waals surface area (Å²) in [4.78, 5) is 11.2. The Morgan fingerprint density at radius 1 is 1.23 bits per heavy atom. The van der Waals surface area contributed by atoms with Crippen molar-refractivity contribution in [2.24, 2.45) is 11.8 Å². The van der Waals surface area contributed by atoms with Gasteiger partial charge in [-0.15, -0.1) is 0 Å². The third-order valence-electron chi connectivity index (χ3n) is 4.01. The Labute approximate surface area is 132 Å². The molecule has 0 aliphatic carbocycles. The minimum Gasteiger partial charge on any atom is -0.481 e. The molecule has 1 N–H and O–H groups in total. The number of hydrogen-bond donors (Lipinski definition) is 1. The fourth-order valence-electron chi connectivity index (χ4n) is 2.76. The molecule has 0 spiro atoms. The summed E-state index contributed by atoms with van der Waals surface area (Å²) < 4.78 is 26.5. The minimum atomic E-state index is -3.52. The molecule has 0 bridgehead atoms. The molecule has 1 saturated heterocycles. The third kappa shape index (κ3) is 3.87. The van der Waals surface area contributed by atoms with Gasteiger partial charge in [0.05, 0.1) is 10.8 Å². The van der Waals surface area contributed by atoms with Crippen LogP contribution < -0.4 is 0 Å². The second kappa shape index (κ2) is 6.79. The zero-order valence-electron chi connectivity index (χ0n) is 13.0. The molecule has 22 heavy (non-hydrogen) atoms. The summed E-state index contributed by atoms with van der Waals surface area (Å²) in [7, 11) is -3.52. The molecular formula is C16H23NO4S. The van der Waals surface area contributed by atoms with Crippen molar-refractivity contribution in [2.75, 3.05) is 13.1 Å². The van der Waals surface area contributed by atoms with Crippen molar-refractivity contribution in [1.29, 1.82) is 0 Å². The molecule has 122 valence electrons. The lowest BCUT2D eigenvalue weighted by atomic mass is 9.99. The van der Waals surface area contributed by atoms with Crippen molar-refractivity contribution in [3.8, 4) is 0 Å². The molecule has 0 atom stereocenters. The zero-order valence-corrected chi connectivity index (χ0v) is 13.8. The number of sulfonamides is 1. The second-order valence-electron chi connectivity index (χ2n) is 6.26. The maximum Gasteiger partial charge on any atom is 0.306 e. The van der Waals surface area contributed by atoms with Crippen LogP contribution in [0.25, 0.3) is 0 Å². The summed E-state index contributed by atoms with van der Waals surface area (Å²) in [5.41, 5.74) is 1.12. The van der Waals surface area contributed by atoms with Gasteiger partial charge in [-0.25, -0.2) is 8.42 Å². The van der Waals surface area contributed by atoms with Gasteiger partial charge in [-0.3, -0.25) is 4.79 Å². The fraction of sp³-hybridized carbons (Fsp3) is 0.562. The molecule has 1 fully saturated rings. The highest BCUT2D eigenvalue weighted by molar-refractivity contribution is 7.89. The van der Waals surface area contributed by atoms with Crippen molar-refractivity contribution >= 4 is 16.0 Å². The Hall–Kier alpha value is -1.40. The van der Waals surface area contributed by atoms with Crippen molar-refractivity contribution in [3.05, 3.63) is 29.8 Å². The molecule has 0 radical (unpaired) electrons. The van der Waals surface area contributed by atoms with Crippen LogP contribution >= 0.6 is 0 Å². The van der Waals surface area contributed by atoms with Gasteiger partial charge < -0.3 is 5.11 Å². The van der Waals surface area contributed by atoms with E-state index in [4.69, 9.17) is 5.11 Å². The molecule has 0 aromatic heterocycles. The zero-order chi connectivity index (χ0) is 16.3. The number of carboxylic acids is 1. The molecular weight excluding hydrogens is 302 g/mol. The van der Waals surface area contributed by atoms with Crippen LogP contribution in [0.2, 0.25) is 0 Å². The lowest BCUT2D eigenvalue weighted by Gasteiger charge is -2.29. The summed E-state index contributed by atoms with van der Waals surface area (Å²) in [6.45, 7) is 4.79. The first kappa shape index (κ1) is 17.0. The lowest BCUT2D eigenvalue weighted by molar-refractivity contribution is -0.142. The van der Waals surface area contributed by atoms with Gasteiger partial charge in [0.15, 0.2) is 0 Å². The summed E-state index contributed by atoms with van der Waals surface area (Å²) >= 11 is 0. The predicted octanol–water partition coefficient (Wildman–Crippen LogP) is 2.37. The van der Waals surface area contributed by atoms with Gasteiger partial charge in [-0.1, -0.05) is 26.0 Å². The Kier molecular flexibility index (Phi) is 5.24. The van der Waals surface area contributed by atoms with E-state index in [2.05, 4.69) is 13.8 Å². The fourth-order valence-corrected chi connectivity index (χ4v) is 4.23. The molecule has 1 aromatic rings. The number of hydrogen-bond acceptors (Lipinski definition) is 3. The highest BCUT2D eigenvalue weighted by Crippen LogP contribution is 2.24. The lowest BCUT2D eigenvalue weighted by Crippen LogP contribution is -2.40. The number of rotatable bonds is 5. The summed E-state index contributed by atoms with van der Waals surface area (Å²) in [6, 6.07) is 7.01. The van der Waals surface area contributed by atoms with Crippen LogP contribution in [0.5, 0.6) is 0 Å². The molecule has 0 saturated carbocycles. The number of benzene rings is 1. The highest BCUT2D eigenvalue weighted by atomic mass is 32.2. The predicted molar refractivity (Wildman–Crippen MR) is 84.1 cm³/mol. The van der Waals surface area contributed by atoms with E-state index in [9.17, 15) is 13.2 Å². The summed E-state index contributed by atoms with van der Waals surface area (Å²) in [5, 5.41) is 8.98. The Morgan fingerprint density at radius 3 is 2.23 bits per heavy atom. The summed E-state index contributed by atoms with van der Waals surface area (Å²) in [6.07, 6.45) is 1.67. The smallest absolute Gasteiger partial charge is 0.306 e. The number of carboxylic acid groups (broad SMARTS) is 1. The van der Waals surface area contributed by atoms with Crippen LogP contribution in [-0.4, -0.2) is 36.9 Å². The average Bonchev–Trinajstić information content (AvgIpc) is 2.47. The van der Waals surface area contributed by atoms with E-state index in [1.54, 1.807) is 12.1 Å². The van der Waals surface area contributed by atoms with E-state index in [0.29, 0.717) is 18.8 Å². The van der Waals surface area contributed by atoms with Crippen LogP contribution in [0.1, 0.15) is 32.3 Å². The van der Waals surface area contributed by atoms with Gasteiger partial charge in [0.2, 0.25) is 10.0 Å². The first-order chi connectivity index (χ1) is 10.3. The normalized spacial score (nSPS) is 17.8. The molecule has 0 unspecified atom stereocenters. The topological polar surface area (TPSA) is 74.7 Å². The first-order valence-corrected chi connectivity index (χ1v) is 9.06. The monoisotopic (exact) mass is 325 g/mol. The van der Waals surface area contributed by atoms with Crippen LogP contribution in [0, 0.1) is 11.8 Å². The standard InChI is InChI=1S/C16H23NO4S/c1-12(2)11-13-3-5-15(6-4-13)22(20,21)17-9-7-14(8-10-17)16(18)19/h3-6,12,14H,7-11H2,1-2H3,(H,18,19). The molecule has 5 nitrogen and oxygen atoms in total. The Bertz CT molecular complexity index is 614. The molecule has 1 aliphatic rings. The van der Waals surface area contributed by atoms with E-state index in [0.717, 1.165) is 12.0 Å². The van der Waals surface area contributed by atoms with Gasteiger partial charge in [0.25, 0.3) is 0 Å². The van der Waals surface area contributed by atoms with Crippen molar-refractivity contribution in [2.45, 2.75) is 38.0 Å². The van der Waals surface area contributed by atoms with Crippen molar-refractivity contribution in [3.63, 3.8) is 0 Å². The van der Waals surface area contributed by atoms with Crippen LogP contribution in [-0.2, 0) is 21.2 Å². The first-order valence-electron chi connectivity index (χ1n) is 7.62. The number of nitrogens with zero attached hydrogens (tertiary/aromatic N) is 1. The SMILES string of the molecule is CC(C)Cc1ccc(S(=O)(=O)N2CCC(C(=O)O)CC2)cc1. The molecule has 1 heterocycles. The highest BCUT2D eigenvalue weighted by Gasteiger charge is 2.31.